The Morgan fingerprint density at radius 1 is 0.867 bits per heavy atom. The fourth-order valence-electron chi connectivity index (χ4n) is 3.50. The summed E-state index contributed by atoms with van der Waals surface area (Å²) in [6.45, 7) is 0. The van der Waals surface area contributed by atoms with Crippen molar-refractivity contribution in [2.45, 2.75) is 5.54 Å². The van der Waals surface area contributed by atoms with Crippen LogP contribution < -0.4 is 16.4 Å². The maximum Gasteiger partial charge on any atom is 0.323 e. The number of hydrogen-bond donors (Lipinski definition) is 3. The third-order valence-electron chi connectivity index (χ3n) is 5.00. The number of nitrogens with one attached hydrogen (secondary N) is 2. The number of carbonyl (C=O) groups is 2. The molecule has 3 amide bonds. The van der Waals surface area contributed by atoms with Crippen LogP contribution in [0.5, 0.6) is 0 Å². The van der Waals surface area contributed by atoms with Gasteiger partial charge in [-0.2, -0.15) is 0 Å². The molecule has 0 radical (unpaired) electrons. The van der Waals surface area contributed by atoms with E-state index in [0.717, 1.165) is 0 Å². The molecular formula is C23H21N5O2. The number of para-hydroxylation sites is 1. The van der Waals surface area contributed by atoms with Crippen LogP contribution in [0.25, 0.3) is 0 Å². The third-order valence-corrected chi connectivity index (χ3v) is 5.00. The normalized spacial score (nSPS) is 18.1. The lowest BCUT2D eigenvalue weighted by Crippen LogP contribution is -2.41. The maximum atomic E-state index is 13.2. The summed E-state index contributed by atoms with van der Waals surface area (Å²) in [5.41, 5.74) is 7.23. The number of nitrogens with two attached hydrogens (primary N) is 1. The van der Waals surface area contributed by atoms with Crippen LogP contribution in [0.2, 0.25) is 0 Å². The van der Waals surface area contributed by atoms with Crippen LogP contribution in [0, 0.1) is 0 Å². The van der Waals surface area contributed by atoms with E-state index < -0.39 is 5.54 Å². The van der Waals surface area contributed by atoms with E-state index in [1.807, 2.05) is 48.5 Å². The largest absolute Gasteiger partial charge is 0.369 e. The van der Waals surface area contributed by atoms with Crippen LogP contribution >= 0.6 is 0 Å². The monoisotopic (exact) mass is 399 g/mol. The number of likely N-dealkylation sites (N-methyl/N-ethyl adjacent to an activating group) is 1. The Morgan fingerprint density at radius 3 is 2.07 bits per heavy atom. The van der Waals surface area contributed by atoms with Gasteiger partial charge in [0.25, 0.3) is 5.91 Å². The topological polar surface area (TPSA) is 99.8 Å². The molecule has 1 aliphatic rings. The average Bonchev–Trinajstić information content (AvgIpc) is 3.00. The zero-order chi connectivity index (χ0) is 21.1. The van der Waals surface area contributed by atoms with Gasteiger partial charge in [-0.15, -0.1) is 0 Å². The molecule has 0 spiro atoms. The molecule has 0 saturated carbocycles. The van der Waals surface area contributed by atoms with E-state index >= 15 is 0 Å². The van der Waals surface area contributed by atoms with Crippen LogP contribution in [0.4, 0.5) is 16.2 Å². The number of guanidine groups is 1. The fraction of sp³-hybridized carbons (Fsp3) is 0.0870. The number of anilines is 2. The molecule has 4 rings (SSSR count). The number of nitrogens with zero attached hydrogens (tertiary/aromatic N) is 2. The minimum atomic E-state index is -1.30. The molecule has 0 fully saturated rings. The number of hydrogen-bond acceptors (Lipinski definition) is 4. The Balaban J connectivity index is 1.69. The predicted octanol–water partition coefficient (Wildman–Crippen LogP) is 3.36. The molecule has 1 aliphatic heterocycles. The van der Waals surface area contributed by atoms with Gasteiger partial charge in [-0.05, 0) is 35.4 Å². The Morgan fingerprint density at radius 2 is 1.43 bits per heavy atom. The van der Waals surface area contributed by atoms with Gasteiger partial charge in [0, 0.05) is 18.4 Å². The number of benzene rings is 3. The lowest BCUT2D eigenvalue weighted by molar-refractivity contribution is -0.129. The van der Waals surface area contributed by atoms with Crippen molar-refractivity contribution in [3.63, 3.8) is 0 Å². The second-order valence-electron chi connectivity index (χ2n) is 6.94. The SMILES string of the molecule is CN1C(=O)C(c2ccccc2)(c2cccc(NC(=O)Nc3ccccc3)c2)N=C1N. The summed E-state index contributed by atoms with van der Waals surface area (Å²) in [6.07, 6.45) is 0. The van der Waals surface area contributed by atoms with Crippen LogP contribution in [-0.4, -0.2) is 29.8 Å². The Kier molecular flexibility index (Phi) is 4.93. The maximum absolute atomic E-state index is 13.2. The Hall–Kier alpha value is -4.13. The van der Waals surface area contributed by atoms with E-state index in [9.17, 15) is 9.59 Å². The molecule has 7 nitrogen and oxygen atoms in total. The van der Waals surface area contributed by atoms with Gasteiger partial charge in [0.15, 0.2) is 11.5 Å². The summed E-state index contributed by atoms with van der Waals surface area (Å²) in [4.78, 5) is 31.5. The number of rotatable bonds is 4. The highest BCUT2D eigenvalue weighted by Crippen LogP contribution is 2.39. The van der Waals surface area contributed by atoms with Crippen LogP contribution in [0.1, 0.15) is 11.1 Å². The van der Waals surface area contributed by atoms with Crippen LogP contribution in [0.15, 0.2) is 89.9 Å². The smallest absolute Gasteiger partial charge is 0.323 e. The molecule has 30 heavy (non-hydrogen) atoms. The Bertz CT molecular complexity index is 1110. The minimum Gasteiger partial charge on any atom is -0.369 e. The molecule has 3 aromatic rings. The van der Waals surface area contributed by atoms with Crippen molar-refractivity contribution in [3.8, 4) is 0 Å². The summed E-state index contributed by atoms with van der Waals surface area (Å²) >= 11 is 0. The molecule has 0 aliphatic carbocycles. The molecule has 3 aromatic carbocycles. The second kappa shape index (κ2) is 7.71. The summed E-state index contributed by atoms with van der Waals surface area (Å²) in [6, 6.07) is 25.1. The molecular weight excluding hydrogens is 378 g/mol. The van der Waals surface area contributed by atoms with Gasteiger partial charge in [0.1, 0.15) is 0 Å². The van der Waals surface area contributed by atoms with Crippen molar-refractivity contribution in [1.82, 2.24) is 4.90 Å². The third kappa shape index (κ3) is 3.37. The van der Waals surface area contributed by atoms with Gasteiger partial charge in [-0.25, -0.2) is 9.79 Å². The molecule has 150 valence electrons. The van der Waals surface area contributed by atoms with Crippen molar-refractivity contribution < 1.29 is 9.59 Å². The fourth-order valence-corrected chi connectivity index (χ4v) is 3.50. The highest BCUT2D eigenvalue weighted by atomic mass is 16.2. The summed E-state index contributed by atoms with van der Waals surface area (Å²) in [5.74, 6) is -0.110. The molecule has 4 N–H and O–H groups in total. The summed E-state index contributed by atoms with van der Waals surface area (Å²) in [5, 5.41) is 5.58. The van der Waals surface area contributed by atoms with Gasteiger partial charge in [-0.3, -0.25) is 9.69 Å². The van der Waals surface area contributed by atoms with Crippen LogP contribution in [0.3, 0.4) is 0 Å². The van der Waals surface area contributed by atoms with Crippen LogP contribution in [-0.2, 0) is 10.3 Å². The van der Waals surface area contributed by atoms with E-state index in [-0.39, 0.29) is 17.9 Å². The molecule has 0 saturated heterocycles. The molecule has 1 atom stereocenters. The second-order valence-corrected chi connectivity index (χ2v) is 6.94. The predicted molar refractivity (Wildman–Crippen MR) is 117 cm³/mol. The minimum absolute atomic E-state index is 0.143. The molecule has 7 heteroatoms. The van der Waals surface area contributed by atoms with E-state index in [2.05, 4.69) is 15.6 Å². The first-order valence-electron chi connectivity index (χ1n) is 9.43. The van der Waals surface area contributed by atoms with Crippen molar-refractivity contribution in [2.75, 3.05) is 17.7 Å². The van der Waals surface area contributed by atoms with Gasteiger partial charge in [-0.1, -0.05) is 60.7 Å². The summed E-state index contributed by atoms with van der Waals surface area (Å²) < 4.78 is 0. The number of carbonyl (C=O) groups excluding carboxylic acids is 2. The average molecular weight is 399 g/mol. The van der Waals surface area contributed by atoms with Gasteiger partial charge in [0.05, 0.1) is 0 Å². The first-order valence-corrected chi connectivity index (χ1v) is 9.43. The zero-order valence-corrected chi connectivity index (χ0v) is 16.4. The van der Waals surface area contributed by atoms with E-state index in [0.29, 0.717) is 22.5 Å². The molecule has 0 bridgehead atoms. The van der Waals surface area contributed by atoms with E-state index in [1.165, 1.54) is 4.90 Å². The van der Waals surface area contributed by atoms with Crippen molar-refractivity contribution in [1.29, 1.82) is 0 Å². The zero-order valence-electron chi connectivity index (χ0n) is 16.4. The van der Waals surface area contributed by atoms with Gasteiger partial charge < -0.3 is 16.4 Å². The van der Waals surface area contributed by atoms with Crippen molar-refractivity contribution >= 4 is 29.3 Å². The van der Waals surface area contributed by atoms with Gasteiger partial charge >= 0.3 is 6.03 Å². The standard InChI is InChI=1S/C23H21N5O2/c1-28-20(29)23(27-21(28)24,16-9-4-2-5-10-16)17-11-8-14-19(15-17)26-22(30)25-18-12-6-3-7-13-18/h2-15H,1H3,(H2,24,27)(H2,25,26,30). The highest BCUT2D eigenvalue weighted by molar-refractivity contribution is 6.09. The van der Waals surface area contributed by atoms with Crippen molar-refractivity contribution in [3.05, 3.63) is 96.1 Å². The number of amides is 3. The lowest BCUT2D eigenvalue weighted by atomic mass is 9.82. The van der Waals surface area contributed by atoms with E-state index in [4.69, 9.17) is 5.73 Å². The van der Waals surface area contributed by atoms with E-state index in [1.54, 1.807) is 43.4 Å². The lowest BCUT2D eigenvalue weighted by Gasteiger charge is -2.26. The number of urea groups is 1. The first kappa shape index (κ1) is 19.2. The molecule has 0 aromatic heterocycles. The number of aliphatic imine (C=N–C) groups is 1. The highest BCUT2D eigenvalue weighted by Gasteiger charge is 2.49. The van der Waals surface area contributed by atoms with Gasteiger partial charge in [0.2, 0.25) is 0 Å². The molecule has 1 heterocycles. The molecule has 1 unspecified atom stereocenters. The summed E-state index contributed by atoms with van der Waals surface area (Å²) in [7, 11) is 1.60. The first-order chi connectivity index (χ1) is 14.5. The quantitative estimate of drug-likeness (QED) is 0.627. The Labute approximate surface area is 174 Å². The van der Waals surface area contributed by atoms with Crippen molar-refractivity contribution in [2.24, 2.45) is 10.7 Å².